The highest BCUT2D eigenvalue weighted by Crippen LogP contribution is 2.41. The summed E-state index contributed by atoms with van der Waals surface area (Å²) in [5.41, 5.74) is 6.33. The minimum Gasteiger partial charge on any atom is -0.493 e. The number of benzene rings is 3. The van der Waals surface area contributed by atoms with Gasteiger partial charge in [0, 0.05) is 34.6 Å². The first kappa shape index (κ1) is 26.9. The largest absolute Gasteiger partial charge is 0.493 e. The number of fused-ring (bicyclic) bond motifs is 3. The summed E-state index contributed by atoms with van der Waals surface area (Å²) in [5, 5.41) is 10.1. The summed E-state index contributed by atoms with van der Waals surface area (Å²) in [6, 6.07) is 19.7. The van der Waals surface area contributed by atoms with Crippen molar-refractivity contribution in [3.63, 3.8) is 0 Å². The van der Waals surface area contributed by atoms with E-state index in [1.807, 2.05) is 72.5 Å². The van der Waals surface area contributed by atoms with Crippen molar-refractivity contribution in [1.82, 2.24) is 24.9 Å². The number of amides is 1. The molecule has 0 spiro atoms. The summed E-state index contributed by atoms with van der Waals surface area (Å²) in [7, 11) is 1.64. The number of rotatable bonds is 9. The van der Waals surface area contributed by atoms with Crippen molar-refractivity contribution in [2.45, 2.75) is 38.8 Å². The Morgan fingerprint density at radius 1 is 1.05 bits per heavy atom. The molecule has 41 heavy (non-hydrogen) atoms. The number of hydrogen-bond donors (Lipinski definition) is 1. The van der Waals surface area contributed by atoms with E-state index in [-0.39, 0.29) is 11.9 Å². The molecule has 1 amide bonds. The summed E-state index contributed by atoms with van der Waals surface area (Å²) in [6.07, 6.45) is 5.16. The van der Waals surface area contributed by atoms with Crippen LogP contribution in [0.1, 0.15) is 40.4 Å². The second kappa shape index (κ2) is 11.7. The minimum atomic E-state index is -0.309. The van der Waals surface area contributed by atoms with Crippen LogP contribution in [-0.2, 0) is 24.2 Å². The van der Waals surface area contributed by atoms with Crippen LogP contribution in [-0.4, -0.2) is 51.0 Å². The van der Waals surface area contributed by atoms with Crippen molar-refractivity contribution in [2.75, 3.05) is 20.3 Å². The van der Waals surface area contributed by atoms with Gasteiger partial charge in [0.2, 0.25) is 5.91 Å². The molecule has 0 saturated heterocycles. The van der Waals surface area contributed by atoms with Crippen molar-refractivity contribution >= 4 is 28.4 Å². The molecule has 3 aromatic carbocycles. The highest BCUT2D eigenvalue weighted by atomic mass is 35.5. The third-order valence-corrected chi connectivity index (χ3v) is 7.85. The van der Waals surface area contributed by atoms with Gasteiger partial charge < -0.3 is 19.4 Å². The van der Waals surface area contributed by atoms with Gasteiger partial charge in [-0.2, -0.15) is 15.0 Å². The van der Waals surface area contributed by atoms with E-state index in [0.717, 1.165) is 40.6 Å². The van der Waals surface area contributed by atoms with Crippen LogP contribution >= 0.6 is 11.6 Å². The van der Waals surface area contributed by atoms with Gasteiger partial charge in [-0.25, -0.2) is 0 Å². The average molecular weight is 570 g/mol. The third kappa shape index (κ3) is 5.65. The first-order valence-corrected chi connectivity index (χ1v) is 14.2. The lowest BCUT2D eigenvalue weighted by atomic mass is 9.91. The monoisotopic (exact) mass is 569 g/mol. The number of methoxy groups -OCH3 is 1. The lowest BCUT2D eigenvalue weighted by Gasteiger charge is -2.36. The molecule has 6 rings (SSSR count). The number of ether oxygens (including phenoxy) is 2. The lowest BCUT2D eigenvalue weighted by Crippen LogP contribution is -2.41. The van der Waals surface area contributed by atoms with E-state index in [1.54, 1.807) is 24.3 Å². The highest BCUT2D eigenvalue weighted by molar-refractivity contribution is 6.31. The maximum Gasteiger partial charge on any atom is 0.227 e. The summed E-state index contributed by atoms with van der Waals surface area (Å²) in [5.74, 6) is 1.35. The quantitative estimate of drug-likeness (QED) is 0.223. The maximum atomic E-state index is 13.8. The third-order valence-electron chi connectivity index (χ3n) is 7.62. The van der Waals surface area contributed by atoms with Crippen LogP contribution in [0.15, 0.2) is 73.1 Å². The molecule has 9 heteroatoms. The van der Waals surface area contributed by atoms with E-state index in [0.29, 0.717) is 42.6 Å². The van der Waals surface area contributed by atoms with Crippen LogP contribution in [0.3, 0.4) is 0 Å². The number of hydrogen-bond acceptors (Lipinski definition) is 5. The molecule has 1 atom stereocenters. The van der Waals surface area contributed by atoms with E-state index in [2.05, 4.69) is 15.2 Å². The minimum absolute atomic E-state index is 0.0766. The molecule has 1 unspecified atom stereocenters. The normalized spacial score (nSPS) is 14.7. The van der Waals surface area contributed by atoms with Crippen LogP contribution < -0.4 is 9.47 Å². The van der Waals surface area contributed by atoms with Crippen molar-refractivity contribution < 1.29 is 14.3 Å². The smallest absolute Gasteiger partial charge is 0.227 e. The second-order valence-electron chi connectivity index (χ2n) is 10.3. The van der Waals surface area contributed by atoms with Crippen LogP contribution in [0.25, 0.3) is 10.9 Å². The van der Waals surface area contributed by atoms with Crippen LogP contribution in [0, 0.1) is 6.92 Å². The van der Waals surface area contributed by atoms with Crippen LogP contribution in [0.5, 0.6) is 11.5 Å². The van der Waals surface area contributed by atoms with Gasteiger partial charge in [-0.3, -0.25) is 4.79 Å². The molecule has 0 fully saturated rings. The summed E-state index contributed by atoms with van der Waals surface area (Å²) in [6.45, 7) is 3.81. The highest BCUT2D eigenvalue weighted by Gasteiger charge is 2.35. The number of aryl methyl sites for hydroxylation is 2. The maximum absolute atomic E-state index is 13.8. The number of carbonyl (C=O) groups excluding carboxylic acids is 1. The SMILES string of the molecule is COc1cc(C2c3[nH]c4ccc(Cl)cc4c3CCN2C(=O)Cc2ccc(C)cc2)ccc1OCCCn1nccn1. The summed E-state index contributed by atoms with van der Waals surface area (Å²) < 4.78 is 11.8. The molecule has 0 saturated carbocycles. The van der Waals surface area contributed by atoms with Gasteiger partial charge in [0.1, 0.15) is 0 Å². The van der Waals surface area contributed by atoms with E-state index in [1.165, 1.54) is 11.1 Å². The molecule has 1 aliphatic heterocycles. The zero-order valence-electron chi connectivity index (χ0n) is 23.1. The summed E-state index contributed by atoms with van der Waals surface area (Å²) >= 11 is 6.37. The van der Waals surface area contributed by atoms with Gasteiger partial charge in [0.15, 0.2) is 11.5 Å². The topological polar surface area (TPSA) is 85.3 Å². The molecule has 0 radical (unpaired) electrons. The van der Waals surface area contributed by atoms with Crippen molar-refractivity contribution in [3.05, 3.63) is 106 Å². The van der Waals surface area contributed by atoms with E-state index >= 15 is 0 Å². The second-order valence-corrected chi connectivity index (χ2v) is 10.8. The Bertz CT molecular complexity index is 1660. The average Bonchev–Trinajstić information content (AvgIpc) is 3.64. The molecule has 3 heterocycles. The molecular weight excluding hydrogens is 538 g/mol. The Hall–Kier alpha value is -4.30. The van der Waals surface area contributed by atoms with E-state index in [9.17, 15) is 4.79 Å². The number of carbonyl (C=O) groups is 1. The molecule has 210 valence electrons. The molecule has 0 bridgehead atoms. The fourth-order valence-electron chi connectivity index (χ4n) is 5.58. The first-order valence-electron chi connectivity index (χ1n) is 13.8. The number of nitrogens with zero attached hydrogens (tertiary/aromatic N) is 4. The molecule has 5 aromatic rings. The number of halogens is 1. The Kier molecular flexibility index (Phi) is 7.65. The zero-order valence-corrected chi connectivity index (χ0v) is 23.9. The Morgan fingerprint density at radius 3 is 2.63 bits per heavy atom. The van der Waals surface area contributed by atoms with E-state index in [4.69, 9.17) is 21.1 Å². The zero-order chi connectivity index (χ0) is 28.3. The predicted octanol–water partition coefficient (Wildman–Crippen LogP) is 5.92. The number of aromatic amines is 1. The Morgan fingerprint density at radius 2 is 1.85 bits per heavy atom. The van der Waals surface area contributed by atoms with Crippen LogP contribution in [0.2, 0.25) is 5.02 Å². The van der Waals surface area contributed by atoms with Gasteiger partial charge in [0.25, 0.3) is 0 Å². The number of H-pyrrole nitrogens is 1. The Balaban J connectivity index is 1.31. The molecule has 2 aromatic heterocycles. The van der Waals surface area contributed by atoms with Gasteiger partial charge >= 0.3 is 0 Å². The molecule has 1 N–H and O–H groups in total. The first-order chi connectivity index (χ1) is 20.0. The standard InChI is InChI=1S/C32H32ClN5O3/c1-21-4-6-22(7-5-21)18-30(39)37-16-12-25-26-20-24(33)9-10-27(26)36-31(25)32(37)23-8-11-28(29(19-23)40-2)41-17-3-15-38-34-13-14-35-38/h4-11,13-14,19-20,32,36H,3,12,15-18H2,1-2H3. The fraction of sp³-hybridized carbons (Fsp3) is 0.281. The Labute approximate surface area is 243 Å². The molecular formula is C32H32ClN5O3. The molecule has 8 nitrogen and oxygen atoms in total. The number of nitrogens with one attached hydrogen (secondary N) is 1. The van der Waals surface area contributed by atoms with E-state index < -0.39 is 0 Å². The lowest BCUT2D eigenvalue weighted by molar-refractivity contribution is -0.132. The molecule has 0 aliphatic carbocycles. The van der Waals surface area contributed by atoms with Crippen molar-refractivity contribution in [1.29, 1.82) is 0 Å². The molecule has 1 aliphatic rings. The van der Waals surface area contributed by atoms with Crippen molar-refractivity contribution in [2.24, 2.45) is 0 Å². The predicted molar refractivity (Wildman–Crippen MR) is 159 cm³/mol. The fourth-order valence-corrected chi connectivity index (χ4v) is 5.75. The van der Waals surface area contributed by atoms with Crippen LogP contribution in [0.4, 0.5) is 0 Å². The number of aromatic nitrogens is 4. The van der Waals surface area contributed by atoms with Gasteiger partial charge in [-0.05, 0) is 60.4 Å². The van der Waals surface area contributed by atoms with Crippen molar-refractivity contribution in [3.8, 4) is 11.5 Å². The van der Waals surface area contributed by atoms with Gasteiger partial charge in [-0.1, -0.05) is 47.5 Å². The summed E-state index contributed by atoms with van der Waals surface area (Å²) in [4.78, 5) is 21.1. The van der Waals surface area contributed by atoms with Gasteiger partial charge in [-0.15, -0.1) is 0 Å². The van der Waals surface area contributed by atoms with Gasteiger partial charge in [0.05, 0.1) is 45.1 Å².